The van der Waals surface area contributed by atoms with Crippen molar-refractivity contribution in [2.45, 2.75) is 0 Å². The summed E-state index contributed by atoms with van der Waals surface area (Å²) >= 11 is 21.1. The minimum absolute atomic E-state index is 0.299. The summed E-state index contributed by atoms with van der Waals surface area (Å²) in [7, 11) is 0. The van der Waals surface area contributed by atoms with Gasteiger partial charge in [0.1, 0.15) is 0 Å². The molecule has 0 fully saturated rings. The highest BCUT2D eigenvalue weighted by atomic mass is 79.9. The summed E-state index contributed by atoms with van der Waals surface area (Å²) in [5.41, 5.74) is 0.805. The number of anilines is 1. The molecule has 98 valence electrons. The van der Waals surface area contributed by atoms with Gasteiger partial charge in [-0.3, -0.25) is 4.79 Å². The third-order valence-corrected chi connectivity index (χ3v) is 3.72. The summed E-state index contributed by atoms with van der Waals surface area (Å²) in [5, 5.41) is 3.89. The fourth-order valence-electron chi connectivity index (χ4n) is 1.45. The highest BCUT2D eigenvalue weighted by molar-refractivity contribution is 9.10. The number of amides is 1. The molecule has 2 nitrogen and oxygen atoms in total. The van der Waals surface area contributed by atoms with Crippen molar-refractivity contribution >= 4 is 62.3 Å². The second-order valence-electron chi connectivity index (χ2n) is 3.70. The number of halogens is 4. The molecule has 0 saturated heterocycles. The first-order chi connectivity index (χ1) is 8.97. The molecule has 0 aliphatic carbocycles. The van der Waals surface area contributed by atoms with E-state index in [-0.39, 0.29) is 5.91 Å². The smallest absolute Gasteiger partial charge is 0.257 e. The Balaban J connectivity index is 2.28. The maximum absolute atomic E-state index is 12.1. The molecule has 0 unspecified atom stereocenters. The molecule has 0 aliphatic rings. The summed E-state index contributed by atoms with van der Waals surface area (Å²) in [6.07, 6.45) is 0. The van der Waals surface area contributed by atoms with Crippen molar-refractivity contribution in [1.82, 2.24) is 0 Å². The van der Waals surface area contributed by atoms with Gasteiger partial charge in [0.25, 0.3) is 5.91 Å². The van der Waals surface area contributed by atoms with Crippen LogP contribution in [0.4, 0.5) is 5.69 Å². The molecule has 6 heteroatoms. The molecule has 0 spiro atoms. The van der Waals surface area contributed by atoms with E-state index >= 15 is 0 Å². The lowest BCUT2D eigenvalue weighted by Gasteiger charge is -2.09. The predicted molar refractivity (Wildman–Crippen MR) is 83.6 cm³/mol. The molecule has 0 radical (unpaired) electrons. The van der Waals surface area contributed by atoms with E-state index in [0.717, 1.165) is 4.47 Å². The Morgan fingerprint density at radius 2 is 1.74 bits per heavy atom. The van der Waals surface area contributed by atoms with Gasteiger partial charge in [0.05, 0.1) is 21.3 Å². The van der Waals surface area contributed by atoms with Crippen LogP contribution in [-0.4, -0.2) is 5.91 Å². The van der Waals surface area contributed by atoms with Crippen molar-refractivity contribution in [2.75, 3.05) is 5.32 Å². The van der Waals surface area contributed by atoms with E-state index in [1.165, 1.54) is 6.07 Å². The molecule has 0 aromatic heterocycles. The van der Waals surface area contributed by atoms with Crippen LogP contribution in [0.15, 0.2) is 40.9 Å². The van der Waals surface area contributed by atoms with Crippen LogP contribution < -0.4 is 5.32 Å². The first-order valence-corrected chi connectivity index (χ1v) is 7.11. The molecular formula is C13H7BrCl3NO. The van der Waals surface area contributed by atoms with E-state index in [9.17, 15) is 4.79 Å². The molecule has 1 amide bonds. The molecule has 0 saturated carbocycles. The average Bonchev–Trinajstić information content (AvgIpc) is 2.35. The monoisotopic (exact) mass is 377 g/mol. The molecular weight excluding hydrogens is 372 g/mol. The van der Waals surface area contributed by atoms with Gasteiger partial charge in [0.2, 0.25) is 0 Å². The number of hydrogen-bond acceptors (Lipinski definition) is 1. The second kappa shape index (κ2) is 6.14. The minimum Gasteiger partial charge on any atom is -0.321 e. The lowest BCUT2D eigenvalue weighted by Crippen LogP contribution is -2.12. The summed E-state index contributed by atoms with van der Waals surface area (Å²) < 4.78 is 0.830. The fourth-order valence-corrected chi connectivity index (χ4v) is 2.55. The highest BCUT2D eigenvalue weighted by Crippen LogP contribution is 2.27. The minimum atomic E-state index is -0.364. The Kier molecular flexibility index (Phi) is 4.74. The SMILES string of the molecule is O=C(Nc1ccc(Br)cc1Cl)c1cc(Cl)ccc1Cl. The normalized spacial score (nSPS) is 10.3. The van der Waals surface area contributed by atoms with Gasteiger partial charge in [-0.05, 0) is 36.4 Å². The van der Waals surface area contributed by atoms with Crippen LogP contribution in [0.1, 0.15) is 10.4 Å². The maximum Gasteiger partial charge on any atom is 0.257 e. The number of carbonyl (C=O) groups is 1. The van der Waals surface area contributed by atoms with E-state index in [2.05, 4.69) is 21.2 Å². The highest BCUT2D eigenvalue weighted by Gasteiger charge is 2.12. The van der Waals surface area contributed by atoms with Crippen LogP contribution in [0.25, 0.3) is 0 Å². The van der Waals surface area contributed by atoms with Crippen molar-refractivity contribution < 1.29 is 4.79 Å². The molecule has 0 aliphatic heterocycles. The van der Waals surface area contributed by atoms with Gasteiger partial charge in [0.15, 0.2) is 0 Å². The van der Waals surface area contributed by atoms with Crippen molar-refractivity contribution in [1.29, 1.82) is 0 Å². The van der Waals surface area contributed by atoms with Crippen molar-refractivity contribution in [3.8, 4) is 0 Å². The molecule has 2 rings (SSSR count). The van der Waals surface area contributed by atoms with E-state index in [1.54, 1.807) is 30.3 Å². The van der Waals surface area contributed by atoms with Crippen molar-refractivity contribution in [3.63, 3.8) is 0 Å². The van der Waals surface area contributed by atoms with Crippen LogP contribution in [0.3, 0.4) is 0 Å². The third kappa shape index (κ3) is 3.63. The van der Waals surface area contributed by atoms with Gasteiger partial charge >= 0.3 is 0 Å². The van der Waals surface area contributed by atoms with E-state index < -0.39 is 0 Å². The van der Waals surface area contributed by atoms with E-state index in [0.29, 0.717) is 26.3 Å². The molecule has 19 heavy (non-hydrogen) atoms. The second-order valence-corrected chi connectivity index (χ2v) is 5.87. The number of nitrogens with one attached hydrogen (secondary N) is 1. The molecule has 2 aromatic rings. The van der Waals surface area contributed by atoms with Gasteiger partial charge in [-0.15, -0.1) is 0 Å². The maximum atomic E-state index is 12.1. The van der Waals surface area contributed by atoms with Crippen LogP contribution in [0.2, 0.25) is 15.1 Å². The summed E-state index contributed by atoms with van der Waals surface area (Å²) in [5.74, 6) is -0.364. The lowest BCUT2D eigenvalue weighted by molar-refractivity contribution is 0.102. The van der Waals surface area contributed by atoms with Gasteiger partial charge in [-0.2, -0.15) is 0 Å². The fraction of sp³-hybridized carbons (Fsp3) is 0. The van der Waals surface area contributed by atoms with Gasteiger partial charge < -0.3 is 5.32 Å². The van der Waals surface area contributed by atoms with Crippen LogP contribution in [-0.2, 0) is 0 Å². The third-order valence-electron chi connectivity index (χ3n) is 2.35. The number of hydrogen-bond donors (Lipinski definition) is 1. The standard InChI is InChI=1S/C13H7BrCl3NO/c14-7-1-4-12(11(17)5-7)18-13(19)9-6-8(15)2-3-10(9)16/h1-6H,(H,18,19). The summed E-state index contributed by atoms with van der Waals surface area (Å²) in [6.45, 7) is 0. The molecule has 1 N–H and O–H groups in total. The molecule has 0 atom stereocenters. The molecule has 0 bridgehead atoms. The number of carbonyl (C=O) groups excluding carboxylic acids is 1. The van der Waals surface area contributed by atoms with Crippen molar-refractivity contribution in [3.05, 3.63) is 61.5 Å². The van der Waals surface area contributed by atoms with Crippen LogP contribution in [0.5, 0.6) is 0 Å². The predicted octanol–water partition coefficient (Wildman–Crippen LogP) is 5.66. The Hall–Kier alpha value is -0.740. The number of benzene rings is 2. The average molecular weight is 379 g/mol. The Bertz CT molecular complexity index is 646. The van der Waals surface area contributed by atoms with Crippen molar-refractivity contribution in [2.24, 2.45) is 0 Å². The zero-order valence-electron chi connectivity index (χ0n) is 9.38. The molecule has 0 heterocycles. The molecule has 2 aromatic carbocycles. The summed E-state index contributed by atoms with van der Waals surface area (Å²) in [4.78, 5) is 12.1. The Morgan fingerprint density at radius 1 is 1.00 bits per heavy atom. The number of rotatable bonds is 2. The Labute approximate surface area is 133 Å². The first-order valence-electron chi connectivity index (χ1n) is 5.19. The zero-order chi connectivity index (χ0) is 14.0. The van der Waals surface area contributed by atoms with Crippen LogP contribution in [0, 0.1) is 0 Å². The lowest BCUT2D eigenvalue weighted by atomic mass is 10.2. The first kappa shape index (κ1) is 14.7. The van der Waals surface area contributed by atoms with E-state index in [1.807, 2.05) is 0 Å². The van der Waals surface area contributed by atoms with E-state index in [4.69, 9.17) is 34.8 Å². The Morgan fingerprint density at radius 3 is 2.42 bits per heavy atom. The zero-order valence-corrected chi connectivity index (χ0v) is 13.2. The quantitative estimate of drug-likeness (QED) is 0.716. The largest absolute Gasteiger partial charge is 0.321 e. The van der Waals surface area contributed by atoms with Gasteiger partial charge in [0, 0.05) is 9.50 Å². The topological polar surface area (TPSA) is 29.1 Å². The summed E-state index contributed by atoms with van der Waals surface area (Å²) in [6, 6.07) is 9.86. The van der Waals surface area contributed by atoms with Gasteiger partial charge in [-0.25, -0.2) is 0 Å². The van der Waals surface area contributed by atoms with Crippen LogP contribution >= 0.6 is 50.7 Å². The van der Waals surface area contributed by atoms with Gasteiger partial charge in [-0.1, -0.05) is 50.7 Å².